The van der Waals surface area contributed by atoms with Crippen LogP contribution in [-0.4, -0.2) is 57.2 Å². The van der Waals surface area contributed by atoms with Gasteiger partial charge in [-0.3, -0.25) is 9.69 Å². The number of hydrogen-bond acceptors (Lipinski definition) is 5. The number of piperazine rings is 1. The van der Waals surface area contributed by atoms with Gasteiger partial charge in [-0.25, -0.2) is 0 Å². The second-order valence-corrected chi connectivity index (χ2v) is 7.13. The zero-order chi connectivity index (χ0) is 19.8. The zero-order valence-electron chi connectivity index (χ0n) is 16.6. The summed E-state index contributed by atoms with van der Waals surface area (Å²) in [6.07, 6.45) is 0.790. The number of rotatable bonds is 8. The lowest BCUT2D eigenvalue weighted by Crippen LogP contribution is -2.46. The van der Waals surface area contributed by atoms with Crippen molar-refractivity contribution in [3.05, 3.63) is 59.7 Å². The highest BCUT2D eigenvalue weighted by atomic mass is 16.5. The number of nitrogens with one attached hydrogen (secondary N) is 1. The molecule has 1 fully saturated rings. The number of hydrogen-bond donors (Lipinski definition) is 2. The first-order valence-corrected chi connectivity index (χ1v) is 9.85. The summed E-state index contributed by atoms with van der Waals surface area (Å²) in [7, 11) is 1.66. The fourth-order valence-corrected chi connectivity index (χ4v) is 3.51. The lowest BCUT2D eigenvalue weighted by Gasteiger charge is -2.37. The number of nitrogens with two attached hydrogens (primary N) is 1. The molecule has 0 radical (unpaired) electrons. The van der Waals surface area contributed by atoms with Crippen molar-refractivity contribution in [3.63, 3.8) is 0 Å². The number of amides is 1. The Labute approximate surface area is 167 Å². The largest absolute Gasteiger partial charge is 0.399 e. The number of nitrogens with zero attached hydrogens (tertiary/aromatic N) is 2. The average molecular weight is 383 g/mol. The summed E-state index contributed by atoms with van der Waals surface area (Å²) < 4.78 is 5.04. The van der Waals surface area contributed by atoms with Gasteiger partial charge in [-0.15, -0.1) is 0 Å². The Bertz CT molecular complexity index is 758. The average Bonchev–Trinajstić information content (AvgIpc) is 2.72. The molecule has 0 spiro atoms. The van der Waals surface area contributed by atoms with Gasteiger partial charge in [-0.05, 0) is 30.2 Å². The first-order valence-electron chi connectivity index (χ1n) is 9.85. The maximum Gasteiger partial charge on any atom is 0.253 e. The van der Waals surface area contributed by atoms with Crippen molar-refractivity contribution in [1.29, 1.82) is 0 Å². The van der Waals surface area contributed by atoms with Gasteiger partial charge >= 0.3 is 0 Å². The molecule has 1 saturated heterocycles. The van der Waals surface area contributed by atoms with E-state index in [1.54, 1.807) is 13.2 Å². The molecule has 0 atom stereocenters. The van der Waals surface area contributed by atoms with E-state index in [-0.39, 0.29) is 5.91 Å². The first-order chi connectivity index (χ1) is 13.7. The highest BCUT2D eigenvalue weighted by Gasteiger charge is 2.21. The summed E-state index contributed by atoms with van der Waals surface area (Å²) in [6.45, 7) is 5.90. The van der Waals surface area contributed by atoms with E-state index in [4.69, 9.17) is 10.5 Å². The molecule has 2 aromatic rings. The van der Waals surface area contributed by atoms with Crippen LogP contribution in [0.1, 0.15) is 22.3 Å². The van der Waals surface area contributed by atoms with Crippen LogP contribution < -0.4 is 16.0 Å². The molecule has 3 rings (SSSR count). The van der Waals surface area contributed by atoms with Crippen molar-refractivity contribution in [2.24, 2.45) is 0 Å². The number of carbonyl (C=O) groups is 1. The smallest absolute Gasteiger partial charge is 0.253 e. The van der Waals surface area contributed by atoms with E-state index < -0.39 is 0 Å². The third-order valence-corrected chi connectivity index (χ3v) is 5.04. The maximum absolute atomic E-state index is 12.7. The van der Waals surface area contributed by atoms with Gasteiger partial charge in [-0.2, -0.15) is 0 Å². The van der Waals surface area contributed by atoms with Crippen LogP contribution in [0, 0.1) is 0 Å². The first kappa shape index (κ1) is 20.2. The van der Waals surface area contributed by atoms with E-state index in [1.165, 1.54) is 5.56 Å². The van der Waals surface area contributed by atoms with E-state index >= 15 is 0 Å². The van der Waals surface area contributed by atoms with Gasteiger partial charge in [0.1, 0.15) is 0 Å². The minimum Gasteiger partial charge on any atom is -0.399 e. The van der Waals surface area contributed by atoms with Crippen LogP contribution in [-0.2, 0) is 11.3 Å². The summed E-state index contributed by atoms with van der Waals surface area (Å²) in [5.41, 5.74) is 9.49. The highest BCUT2D eigenvalue weighted by molar-refractivity contribution is 6.00. The normalized spacial score (nSPS) is 14.8. The van der Waals surface area contributed by atoms with Crippen molar-refractivity contribution < 1.29 is 9.53 Å². The van der Waals surface area contributed by atoms with Gasteiger partial charge in [0, 0.05) is 64.4 Å². The van der Waals surface area contributed by atoms with Gasteiger partial charge < -0.3 is 20.7 Å². The Morgan fingerprint density at radius 2 is 1.86 bits per heavy atom. The molecule has 1 amide bonds. The molecule has 0 aromatic heterocycles. The van der Waals surface area contributed by atoms with Crippen molar-refractivity contribution in [2.45, 2.75) is 13.0 Å². The maximum atomic E-state index is 12.7. The van der Waals surface area contributed by atoms with Gasteiger partial charge in [0.05, 0.1) is 5.56 Å². The fraction of sp³-hybridized carbons (Fsp3) is 0.409. The molecule has 6 heteroatoms. The molecule has 3 N–H and O–H groups in total. The Kier molecular flexibility index (Phi) is 7.28. The molecule has 150 valence electrons. The number of anilines is 2. The van der Waals surface area contributed by atoms with Crippen LogP contribution in [0.25, 0.3) is 0 Å². The van der Waals surface area contributed by atoms with Gasteiger partial charge in [0.2, 0.25) is 0 Å². The molecule has 0 aliphatic carbocycles. The molecule has 1 aliphatic heterocycles. The summed E-state index contributed by atoms with van der Waals surface area (Å²) in [6, 6.07) is 16.1. The standard InChI is InChI=1S/C22H30N4O2/c1-28-15-5-10-24-22(27)20-16-19(23)8-9-21(20)26-13-11-25(12-14-26)17-18-6-3-2-4-7-18/h2-4,6-9,16H,5,10-15,17,23H2,1H3,(H,24,27). The van der Waals surface area contributed by atoms with E-state index in [0.717, 1.165) is 44.8 Å². The molecule has 1 heterocycles. The van der Waals surface area contributed by atoms with E-state index in [2.05, 4.69) is 39.4 Å². The van der Waals surface area contributed by atoms with Crippen LogP contribution in [0.3, 0.4) is 0 Å². The van der Waals surface area contributed by atoms with Crippen LogP contribution in [0.5, 0.6) is 0 Å². The second-order valence-electron chi connectivity index (χ2n) is 7.13. The fourth-order valence-electron chi connectivity index (χ4n) is 3.51. The van der Waals surface area contributed by atoms with Crippen molar-refractivity contribution in [3.8, 4) is 0 Å². The third-order valence-electron chi connectivity index (χ3n) is 5.04. The SMILES string of the molecule is COCCCNC(=O)c1cc(N)ccc1N1CCN(Cc2ccccc2)CC1. The lowest BCUT2D eigenvalue weighted by atomic mass is 10.1. The van der Waals surface area contributed by atoms with Gasteiger partial charge in [0.25, 0.3) is 5.91 Å². The molecule has 0 saturated carbocycles. The summed E-state index contributed by atoms with van der Waals surface area (Å²) in [5, 5.41) is 2.97. The zero-order valence-corrected chi connectivity index (χ0v) is 16.6. The number of methoxy groups -OCH3 is 1. The highest BCUT2D eigenvalue weighted by Crippen LogP contribution is 2.25. The Morgan fingerprint density at radius 1 is 1.11 bits per heavy atom. The number of carbonyl (C=O) groups excluding carboxylic acids is 1. The predicted octanol–water partition coefficient (Wildman–Crippen LogP) is 2.36. The monoisotopic (exact) mass is 382 g/mol. The molecular formula is C22H30N4O2. The van der Waals surface area contributed by atoms with Crippen LogP contribution in [0.2, 0.25) is 0 Å². The molecule has 28 heavy (non-hydrogen) atoms. The van der Waals surface area contributed by atoms with E-state index in [0.29, 0.717) is 24.4 Å². The Hall–Kier alpha value is -2.57. The number of benzene rings is 2. The summed E-state index contributed by atoms with van der Waals surface area (Å²) >= 11 is 0. The molecule has 2 aromatic carbocycles. The molecule has 0 bridgehead atoms. The van der Waals surface area contributed by atoms with Crippen LogP contribution >= 0.6 is 0 Å². The van der Waals surface area contributed by atoms with Crippen LogP contribution in [0.4, 0.5) is 11.4 Å². The number of nitrogen functional groups attached to an aromatic ring is 1. The Balaban J connectivity index is 1.61. The van der Waals surface area contributed by atoms with Crippen molar-refractivity contribution >= 4 is 17.3 Å². The minimum atomic E-state index is -0.0786. The molecule has 6 nitrogen and oxygen atoms in total. The topological polar surface area (TPSA) is 70.8 Å². The number of ether oxygens (including phenoxy) is 1. The van der Waals surface area contributed by atoms with E-state index in [9.17, 15) is 4.79 Å². The van der Waals surface area contributed by atoms with Crippen molar-refractivity contribution in [2.75, 3.05) is 57.1 Å². The summed E-state index contributed by atoms with van der Waals surface area (Å²) in [4.78, 5) is 17.4. The molecular weight excluding hydrogens is 352 g/mol. The third kappa shape index (κ3) is 5.47. The quantitative estimate of drug-likeness (QED) is 0.542. The van der Waals surface area contributed by atoms with Gasteiger partial charge in [-0.1, -0.05) is 30.3 Å². The van der Waals surface area contributed by atoms with Gasteiger partial charge in [0.15, 0.2) is 0 Å². The molecule has 1 aliphatic rings. The second kappa shape index (κ2) is 10.1. The lowest BCUT2D eigenvalue weighted by molar-refractivity contribution is 0.0949. The van der Waals surface area contributed by atoms with Crippen molar-refractivity contribution in [1.82, 2.24) is 10.2 Å². The minimum absolute atomic E-state index is 0.0786. The Morgan fingerprint density at radius 3 is 2.57 bits per heavy atom. The van der Waals surface area contributed by atoms with E-state index in [1.807, 2.05) is 18.2 Å². The molecule has 0 unspecified atom stereocenters. The predicted molar refractivity (Wildman–Crippen MR) is 114 cm³/mol. The summed E-state index contributed by atoms with van der Waals surface area (Å²) in [5.74, 6) is -0.0786. The van der Waals surface area contributed by atoms with Crippen LogP contribution in [0.15, 0.2) is 48.5 Å².